The number of hydrogen-bond donors (Lipinski definition) is 3. The van der Waals surface area contributed by atoms with Crippen LogP contribution < -0.4 is 15.4 Å². The second-order valence-corrected chi connectivity index (χ2v) is 8.20. The first kappa shape index (κ1) is 21.6. The average Bonchev–Trinajstić information content (AvgIpc) is 3.05. The van der Waals surface area contributed by atoms with Gasteiger partial charge in [-0.15, -0.1) is 0 Å². The third-order valence-electron chi connectivity index (χ3n) is 3.74. The minimum absolute atomic E-state index is 0.0227. The van der Waals surface area contributed by atoms with E-state index in [0.717, 1.165) is 12.1 Å². The number of nitrogens with zero attached hydrogens (tertiary/aromatic N) is 1. The van der Waals surface area contributed by atoms with Gasteiger partial charge in [-0.25, -0.2) is 8.42 Å². The van der Waals surface area contributed by atoms with E-state index in [1.165, 1.54) is 42.5 Å². The van der Waals surface area contributed by atoms with E-state index in [1.807, 2.05) is 0 Å². The molecule has 0 aliphatic rings. The second-order valence-electron chi connectivity index (χ2n) is 6.11. The molecule has 0 fully saturated rings. The molecule has 30 heavy (non-hydrogen) atoms. The molecule has 0 unspecified atom stereocenters. The molecule has 3 N–H and O–H groups in total. The van der Waals surface area contributed by atoms with Crippen LogP contribution in [0.1, 0.15) is 11.3 Å². The Bertz CT molecular complexity index is 1160. The highest BCUT2D eigenvalue weighted by Gasteiger charge is 2.30. The van der Waals surface area contributed by atoms with Gasteiger partial charge >= 0.3 is 6.18 Å². The first-order valence-electron chi connectivity index (χ1n) is 8.34. The Kier molecular flexibility index (Phi) is 5.99. The van der Waals surface area contributed by atoms with Crippen LogP contribution in [0.15, 0.2) is 64.0 Å². The van der Waals surface area contributed by atoms with Crippen LogP contribution in [-0.2, 0) is 16.2 Å². The van der Waals surface area contributed by atoms with E-state index in [9.17, 15) is 21.6 Å². The van der Waals surface area contributed by atoms with Crippen molar-refractivity contribution in [1.82, 2.24) is 5.16 Å². The summed E-state index contributed by atoms with van der Waals surface area (Å²) in [5.41, 5.74) is -0.205. The summed E-state index contributed by atoms with van der Waals surface area (Å²) in [7, 11) is -3.87. The highest BCUT2D eigenvalue weighted by molar-refractivity contribution is 7.92. The Morgan fingerprint density at radius 1 is 1.03 bits per heavy atom. The van der Waals surface area contributed by atoms with E-state index in [0.29, 0.717) is 11.4 Å². The molecule has 3 aromatic rings. The van der Waals surface area contributed by atoms with Gasteiger partial charge in [0.15, 0.2) is 10.9 Å². The maximum atomic E-state index is 12.8. The Morgan fingerprint density at radius 3 is 2.30 bits per heavy atom. The highest BCUT2D eigenvalue weighted by Crippen LogP contribution is 2.30. The van der Waals surface area contributed by atoms with Crippen molar-refractivity contribution >= 4 is 44.5 Å². The molecule has 12 heteroatoms. The molecule has 1 heterocycles. The van der Waals surface area contributed by atoms with Crippen molar-refractivity contribution in [2.24, 2.45) is 0 Å². The van der Waals surface area contributed by atoms with Crippen LogP contribution >= 0.6 is 12.2 Å². The van der Waals surface area contributed by atoms with Crippen molar-refractivity contribution in [3.63, 3.8) is 0 Å². The summed E-state index contributed by atoms with van der Waals surface area (Å²) in [5.74, 6) is 0.509. The summed E-state index contributed by atoms with van der Waals surface area (Å²) in [6.45, 7) is 1.63. The number of thiocarbonyl (C=S) groups is 1. The molecule has 0 bridgehead atoms. The van der Waals surface area contributed by atoms with Gasteiger partial charge in [0.25, 0.3) is 10.0 Å². The van der Waals surface area contributed by atoms with E-state index >= 15 is 0 Å². The van der Waals surface area contributed by atoms with Gasteiger partial charge in [0.2, 0.25) is 0 Å². The van der Waals surface area contributed by atoms with Crippen LogP contribution in [0.2, 0.25) is 0 Å². The zero-order valence-electron chi connectivity index (χ0n) is 15.3. The number of nitrogens with one attached hydrogen (secondary N) is 3. The minimum Gasteiger partial charge on any atom is -0.360 e. The molecule has 2 aromatic carbocycles. The summed E-state index contributed by atoms with van der Waals surface area (Å²) in [6.07, 6.45) is -4.47. The number of aryl methyl sites for hydroxylation is 1. The number of anilines is 3. The van der Waals surface area contributed by atoms with Gasteiger partial charge < -0.3 is 15.2 Å². The molecule has 0 saturated carbocycles. The quantitative estimate of drug-likeness (QED) is 0.483. The maximum absolute atomic E-state index is 12.8. The first-order chi connectivity index (χ1) is 14.0. The van der Waals surface area contributed by atoms with Crippen molar-refractivity contribution in [1.29, 1.82) is 0 Å². The van der Waals surface area contributed by atoms with Gasteiger partial charge in [0.05, 0.1) is 10.5 Å². The summed E-state index contributed by atoms with van der Waals surface area (Å²) >= 11 is 5.10. The van der Waals surface area contributed by atoms with Crippen LogP contribution in [0.5, 0.6) is 0 Å². The molecule has 1 aromatic heterocycles. The molecule has 3 rings (SSSR count). The fraction of sp³-hybridized carbons (Fsp3) is 0.111. The largest absolute Gasteiger partial charge is 0.416 e. The van der Waals surface area contributed by atoms with Gasteiger partial charge in [-0.1, -0.05) is 11.2 Å². The van der Waals surface area contributed by atoms with Crippen molar-refractivity contribution in [3.8, 4) is 0 Å². The van der Waals surface area contributed by atoms with Crippen LogP contribution in [0.3, 0.4) is 0 Å². The number of benzene rings is 2. The van der Waals surface area contributed by atoms with Gasteiger partial charge in [-0.05, 0) is 61.6 Å². The van der Waals surface area contributed by atoms with Crippen molar-refractivity contribution < 1.29 is 26.1 Å². The Hall–Kier alpha value is -3.12. The molecule has 158 valence electrons. The Morgan fingerprint density at radius 2 is 1.70 bits per heavy atom. The van der Waals surface area contributed by atoms with E-state index in [-0.39, 0.29) is 21.5 Å². The summed E-state index contributed by atoms with van der Waals surface area (Å²) in [6, 6.07) is 11.6. The number of alkyl halides is 3. The van der Waals surface area contributed by atoms with Crippen molar-refractivity contribution in [2.45, 2.75) is 18.0 Å². The lowest BCUT2D eigenvalue weighted by molar-refractivity contribution is -0.137. The molecule has 0 aliphatic heterocycles. The maximum Gasteiger partial charge on any atom is 0.416 e. The SMILES string of the molecule is Cc1cc(NS(=O)(=O)c2ccc(NC(=S)Nc3cccc(C(F)(F)F)c3)cc2)no1. The smallest absolute Gasteiger partial charge is 0.360 e. The van der Waals surface area contributed by atoms with Gasteiger partial charge in [-0.3, -0.25) is 4.72 Å². The lowest BCUT2D eigenvalue weighted by Crippen LogP contribution is -2.19. The standard InChI is InChI=1S/C18H15F3N4O3S2/c1-11-9-16(24-28-11)25-30(26,27)15-7-5-13(6-8-15)22-17(29)23-14-4-2-3-12(10-14)18(19,20)21/h2-10H,1H3,(H,24,25)(H2,22,23,29). The van der Waals surface area contributed by atoms with E-state index < -0.39 is 21.8 Å². The van der Waals surface area contributed by atoms with Crippen LogP contribution in [0.4, 0.5) is 30.4 Å². The molecular weight excluding hydrogens is 441 g/mol. The number of halogens is 3. The van der Waals surface area contributed by atoms with Crippen molar-refractivity contribution in [2.75, 3.05) is 15.4 Å². The van der Waals surface area contributed by atoms with E-state index in [4.69, 9.17) is 16.7 Å². The zero-order valence-corrected chi connectivity index (χ0v) is 17.0. The van der Waals surface area contributed by atoms with Gasteiger partial charge in [0, 0.05) is 17.4 Å². The minimum atomic E-state index is -4.47. The normalized spacial score (nSPS) is 11.7. The average molecular weight is 456 g/mol. The number of rotatable bonds is 5. The van der Waals surface area contributed by atoms with E-state index in [1.54, 1.807) is 6.92 Å². The van der Waals surface area contributed by atoms with Gasteiger partial charge in [-0.2, -0.15) is 13.2 Å². The Balaban J connectivity index is 1.65. The second kappa shape index (κ2) is 8.32. The number of aromatic nitrogens is 1. The lowest BCUT2D eigenvalue weighted by atomic mass is 10.2. The third kappa shape index (κ3) is 5.48. The molecule has 0 spiro atoms. The Labute approximate surface area is 175 Å². The summed E-state index contributed by atoms with van der Waals surface area (Å²) in [5, 5.41) is 9.04. The number of hydrogen-bond acceptors (Lipinski definition) is 5. The highest BCUT2D eigenvalue weighted by atomic mass is 32.2. The fourth-order valence-corrected chi connectivity index (χ4v) is 3.61. The van der Waals surface area contributed by atoms with Gasteiger partial charge in [0.1, 0.15) is 5.76 Å². The summed E-state index contributed by atoms with van der Waals surface area (Å²) < 4.78 is 70.2. The fourth-order valence-electron chi connectivity index (χ4n) is 2.40. The van der Waals surface area contributed by atoms with Crippen molar-refractivity contribution in [3.05, 3.63) is 65.9 Å². The molecule has 0 amide bonds. The molecule has 0 atom stereocenters. The molecule has 0 radical (unpaired) electrons. The lowest BCUT2D eigenvalue weighted by Gasteiger charge is -2.13. The first-order valence-corrected chi connectivity index (χ1v) is 10.2. The predicted octanol–water partition coefficient (Wildman–Crippen LogP) is 4.61. The van der Waals surface area contributed by atoms with Crippen LogP contribution in [-0.4, -0.2) is 18.7 Å². The van der Waals surface area contributed by atoms with E-state index in [2.05, 4.69) is 20.5 Å². The molecule has 0 aliphatic carbocycles. The molecular formula is C18H15F3N4O3S2. The van der Waals surface area contributed by atoms with Crippen LogP contribution in [0.25, 0.3) is 0 Å². The molecule has 0 saturated heterocycles. The summed E-state index contributed by atoms with van der Waals surface area (Å²) in [4.78, 5) is -0.0227. The molecule has 7 nitrogen and oxygen atoms in total. The predicted molar refractivity (Wildman–Crippen MR) is 110 cm³/mol. The topological polar surface area (TPSA) is 96.3 Å². The van der Waals surface area contributed by atoms with Crippen LogP contribution in [0, 0.1) is 6.92 Å². The number of sulfonamides is 1. The monoisotopic (exact) mass is 456 g/mol. The zero-order chi connectivity index (χ0) is 21.9. The third-order valence-corrected chi connectivity index (χ3v) is 5.31.